The molecule has 2 aromatic heterocycles. The van der Waals surface area contributed by atoms with E-state index in [9.17, 15) is 23.4 Å². The molecule has 0 radical (unpaired) electrons. The van der Waals surface area contributed by atoms with Crippen LogP contribution < -0.4 is 4.74 Å². The SMILES string of the molecule is O[C@@H]1CCN(C(c2cccc(OC(F)(F)F)c2)C(O)(c2cccnc2)c2cccnc2)C1. The van der Waals surface area contributed by atoms with Crippen molar-refractivity contribution in [2.45, 2.75) is 30.5 Å². The van der Waals surface area contributed by atoms with Gasteiger partial charge in [-0.1, -0.05) is 24.3 Å². The third-order valence-electron chi connectivity index (χ3n) is 5.57. The summed E-state index contributed by atoms with van der Waals surface area (Å²) in [5.41, 5.74) is -0.428. The molecular formula is C23H22F3N3O3. The fourth-order valence-corrected chi connectivity index (χ4v) is 4.26. The first-order valence-electron chi connectivity index (χ1n) is 10.1. The lowest BCUT2D eigenvalue weighted by Crippen LogP contribution is -2.45. The average molecular weight is 445 g/mol. The van der Waals surface area contributed by atoms with Crippen molar-refractivity contribution in [1.82, 2.24) is 14.9 Å². The van der Waals surface area contributed by atoms with Crippen molar-refractivity contribution in [1.29, 1.82) is 0 Å². The summed E-state index contributed by atoms with van der Waals surface area (Å²) in [5, 5.41) is 22.5. The van der Waals surface area contributed by atoms with E-state index in [1.54, 1.807) is 42.7 Å². The number of rotatable bonds is 6. The summed E-state index contributed by atoms with van der Waals surface area (Å²) in [5.74, 6) is -0.389. The van der Waals surface area contributed by atoms with Gasteiger partial charge in [-0.25, -0.2) is 0 Å². The number of β-amino-alcohol motifs (C(OH)–C–C–N with tert-alkyl or cyclic N) is 1. The van der Waals surface area contributed by atoms with Crippen molar-refractivity contribution in [3.05, 3.63) is 90.0 Å². The van der Waals surface area contributed by atoms with Crippen LogP contribution in [0.2, 0.25) is 0 Å². The van der Waals surface area contributed by atoms with Gasteiger partial charge in [-0.2, -0.15) is 0 Å². The lowest BCUT2D eigenvalue weighted by Gasteiger charge is -2.42. The fourth-order valence-electron chi connectivity index (χ4n) is 4.26. The number of hydrogen-bond acceptors (Lipinski definition) is 6. The number of nitrogens with zero attached hydrogens (tertiary/aromatic N) is 3. The van der Waals surface area contributed by atoms with Crippen molar-refractivity contribution in [2.24, 2.45) is 0 Å². The van der Waals surface area contributed by atoms with E-state index in [0.29, 0.717) is 29.7 Å². The number of likely N-dealkylation sites (tertiary alicyclic amines) is 1. The molecule has 0 aliphatic carbocycles. The van der Waals surface area contributed by atoms with Crippen LogP contribution in [0.4, 0.5) is 13.2 Å². The van der Waals surface area contributed by atoms with Crippen molar-refractivity contribution in [2.75, 3.05) is 13.1 Å². The van der Waals surface area contributed by atoms with Crippen LogP contribution in [0, 0.1) is 0 Å². The number of aliphatic hydroxyl groups excluding tert-OH is 1. The number of ether oxygens (including phenoxy) is 1. The normalized spacial score (nSPS) is 18.5. The third kappa shape index (κ3) is 4.59. The van der Waals surface area contributed by atoms with Gasteiger partial charge in [-0.3, -0.25) is 14.9 Å². The second-order valence-corrected chi connectivity index (χ2v) is 7.71. The molecule has 0 saturated carbocycles. The topological polar surface area (TPSA) is 78.7 Å². The van der Waals surface area contributed by atoms with Gasteiger partial charge in [0.05, 0.1) is 12.1 Å². The molecule has 0 bridgehead atoms. The Balaban J connectivity index is 1.90. The predicted octanol–water partition coefficient (Wildman–Crippen LogP) is 3.42. The van der Waals surface area contributed by atoms with Gasteiger partial charge in [-0.05, 0) is 36.2 Å². The molecule has 3 aromatic rings. The second-order valence-electron chi connectivity index (χ2n) is 7.71. The monoisotopic (exact) mass is 445 g/mol. The summed E-state index contributed by atoms with van der Waals surface area (Å²) in [7, 11) is 0. The van der Waals surface area contributed by atoms with Crippen LogP contribution >= 0.6 is 0 Å². The molecule has 0 amide bonds. The quantitative estimate of drug-likeness (QED) is 0.606. The Morgan fingerprint density at radius 2 is 1.66 bits per heavy atom. The molecule has 168 valence electrons. The minimum absolute atomic E-state index is 0.248. The molecule has 1 aromatic carbocycles. The van der Waals surface area contributed by atoms with E-state index in [0.717, 1.165) is 0 Å². The first-order valence-corrected chi connectivity index (χ1v) is 10.1. The molecule has 4 rings (SSSR count). The molecule has 1 unspecified atom stereocenters. The van der Waals surface area contributed by atoms with E-state index < -0.39 is 24.1 Å². The minimum atomic E-state index is -4.85. The van der Waals surface area contributed by atoms with E-state index in [4.69, 9.17) is 0 Å². The van der Waals surface area contributed by atoms with Gasteiger partial charge in [0, 0.05) is 49.0 Å². The first-order chi connectivity index (χ1) is 15.3. The molecule has 1 fully saturated rings. The van der Waals surface area contributed by atoms with Gasteiger partial charge in [0.1, 0.15) is 11.4 Å². The van der Waals surface area contributed by atoms with E-state index >= 15 is 0 Å². The van der Waals surface area contributed by atoms with Crippen molar-refractivity contribution < 1.29 is 28.1 Å². The number of benzene rings is 1. The van der Waals surface area contributed by atoms with E-state index in [-0.39, 0.29) is 12.3 Å². The van der Waals surface area contributed by atoms with Crippen molar-refractivity contribution in [3.63, 3.8) is 0 Å². The van der Waals surface area contributed by atoms with Gasteiger partial charge in [-0.15, -0.1) is 13.2 Å². The highest BCUT2D eigenvalue weighted by molar-refractivity contribution is 5.41. The Hall–Kier alpha value is -3.01. The van der Waals surface area contributed by atoms with Crippen LogP contribution in [-0.2, 0) is 5.60 Å². The highest BCUT2D eigenvalue weighted by Gasteiger charge is 2.46. The van der Waals surface area contributed by atoms with Crippen molar-refractivity contribution >= 4 is 0 Å². The lowest BCUT2D eigenvalue weighted by molar-refractivity contribution is -0.274. The van der Waals surface area contributed by atoms with Crippen LogP contribution in [0.5, 0.6) is 5.75 Å². The summed E-state index contributed by atoms with van der Waals surface area (Å²) in [6.07, 6.45) is 1.19. The fraction of sp³-hybridized carbons (Fsp3) is 0.304. The van der Waals surface area contributed by atoms with E-state index in [1.165, 1.54) is 30.6 Å². The summed E-state index contributed by atoms with van der Waals surface area (Å²) < 4.78 is 42.7. The Morgan fingerprint density at radius 1 is 1.00 bits per heavy atom. The maximum Gasteiger partial charge on any atom is 0.573 e. The molecular weight excluding hydrogens is 423 g/mol. The predicted molar refractivity (Wildman–Crippen MR) is 110 cm³/mol. The standard InChI is InChI=1S/C23H22F3N3O3/c24-23(25,26)32-20-7-1-4-16(12-20)21(29-11-8-19(30)15-29)22(31,17-5-2-9-27-13-17)18-6-3-10-28-14-18/h1-7,9-10,12-14,19,21,30-31H,8,11,15H2/t19-,21?/m1/s1. The van der Waals surface area contributed by atoms with Gasteiger partial charge < -0.3 is 14.9 Å². The number of aliphatic hydroxyl groups is 2. The highest BCUT2D eigenvalue weighted by atomic mass is 19.4. The molecule has 1 aliphatic heterocycles. The van der Waals surface area contributed by atoms with E-state index in [1.807, 2.05) is 4.90 Å². The molecule has 2 N–H and O–H groups in total. The van der Waals surface area contributed by atoms with Gasteiger partial charge >= 0.3 is 6.36 Å². The summed E-state index contributed by atoms with van der Waals surface area (Å²) >= 11 is 0. The van der Waals surface area contributed by atoms with Crippen molar-refractivity contribution in [3.8, 4) is 5.75 Å². The largest absolute Gasteiger partial charge is 0.573 e. The molecule has 9 heteroatoms. The third-order valence-corrected chi connectivity index (χ3v) is 5.57. The Kier molecular flexibility index (Phi) is 6.14. The summed E-state index contributed by atoms with van der Waals surface area (Å²) in [6, 6.07) is 11.5. The second kappa shape index (κ2) is 8.85. The molecule has 0 spiro atoms. The van der Waals surface area contributed by atoms with Crippen LogP contribution in [0.15, 0.2) is 73.3 Å². The molecule has 32 heavy (non-hydrogen) atoms. The number of aromatic nitrogens is 2. The summed E-state index contributed by atoms with van der Waals surface area (Å²) in [6.45, 7) is 0.691. The lowest BCUT2D eigenvalue weighted by atomic mass is 9.77. The van der Waals surface area contributed by atoms with Crippen LogP contribution in [-0.4, -0.2) is 50.6 Å². The molecule has 1 saturated heterocycles. The summed E-state index contributed by atoms with van der Waals surface area (Å²) in [4.78, 5) is 10.1. The zero-order valence-electron chi connectivity index (χ0n) is 17.0. The van der Waals surface area contributed by atoms with Gasteiger partial charge in [0.15, 0.2) is 0 Å². The van der Waals surface area contributed by atoms with E-state index in [2.05, 4.69) is 14.7 Å². The molecule has 1 aliphatic rings. The number of alkyl halides is 3. The Morgan fingerprint density at radius 3 is 2.16 bits per heavy atom. The zero-order chi connectivity index (χ0) is 22.8. The smallest absolute Gasteiger partial charge is 0.406 e. The Bertz CT molecular complexity index is 995. The first kappa shape index (κ1) is 22.2. The maximum atomic E-state index is 12.9. The van der Waals surface area contributed by atoms with Gasteiger partial charge in [0.25, 0.3) is 0 Å². The minimum Gasteiger partial charge on any atom is -0.406 e. The number of halogens is 3. The molecule has 3 heterocycles. The number of pyridine rings is 2. The molecule has 2 atom stereocenters. The average Bonchev–Trinajstić information content (AvgIpc) is 3.19. The maximum absolute atomic E-state index is 12.9. The highest BCUT2D eigenvalue weighted by Crippen LogP contribution is 2.46. The zero-order valence-corrected chi connectivity index (χ0v) is 17.0. The Labute approximate surface area is 182 Å². The van der Waals surface area contributed by atoms with Gasteiger partial charge in [0.2, 0.25) is 0 Å². The molecule has 6 nitrogen and oxygen atoms in total. The van der Waals surface area contributed by atoms with Crippen LogP contribution in [0.1, 0.15) is 29.2 Å². The van der Waals surface area contributed by atoms with Crippen LogP contribution in [0.25, 0.3) is 0 Å². The van der Waals surface area contributed by atoms with Crippen LogP contribution in [0.3, 0.4) is 0 Å². The number of hydrogen-bond donors (Lipinski definition) is 2.